The topological polar surface area (TPSA) is 12.0 Å². The van der Waals surface area contributed by atoms with Crippen molar-refractivity contribution in [3.63, 3.8) is 0 Å². The Hall–Kier alpha value is -0.740. The molecule has 0 heterocycles. The largest absolute Gasteiger partial charge is 0.306 e. The summed E-state index contributed by atoms with van der Waals surface area (Å²) in [6.45, 7) is 9.46. The minimum atomic E-state index is 0.795. The molecule has 0 aromatic rings. The number of nitrogens with one attached hydrogen (secondary N) is 1. The van der Waals surface area contributed by atoms with E-state index >= 15 is 0 Å². The summed E-state index contributed by atoms with van der Waals surface area (Å²) in [6.07, 6.45) is 1.05. The van der Waals surface area contributed by atoms with Gasteiger partial charge in [-0.25, -0.2) is 0 Å². The molecule has 0 fully saturated rings. The second-order valence-electron chi connectivity index (χ2n) is 2.31. The van der Waals surface area contributed by atoms with Crippen molar-refractivity contribution < 1.29 is 0 Å². The van der Waals surface area contributed by atoms with E-state index in [9.17, 15) is 0 Å². The third-order valence-electron chi connectivity index (χ3n) is 1.12. The van der Waals surface area contributed by atoms with E-state index in [1.54, 1.807) is 0 Å². The maximum Gasteiger partial charge on any atom is 0.0576 e. The molecule has 0 aliphatic rings. The van der Waals surface area contributed by atoms with Gasteiger partial charge >= 0.3 is 0 Å². The Morgan fingerprint density at radius 1 is 1.60 bits per heavy atom. The van der Waals surface area contributed by atoms with Crippen LogP contribution in [0, 0.1) is 11.8 Å². The standard InChI is InChI=1S/C9H15N/c1-4-5-7-10-8-6-9(2)3/h10H,2,6-8H2,1,3H3. The molecular weight excluding hydrogens is 122 g/mol. The van der Waals surface area contributed by atoms with Gasteiger partial charge in [-0.05, 0) is 26.8 Å². The minimum absolute atomic E-state index is 0.795. The van der Waals surface area contributed by atoms with Crippen LogP contribution in [-0.4, -0.2) is 13.1 Å². The van der Waals surface area contributed by atoms with Gasteiger partial charge in [0.1, 0.15) is 0 Å². The number of hydrogen-bond donors (Lipinski definition) is 1. The fraction of sp³-hybridized carbons (Fsp3) is 0.556. The molecule has 0 aromatic heterocycles. The van der Waals surface area contributed by atoms with E-state index < -0.39 is 0 Å². The van der Waals surface area contributed by atoms with Crippen LogP contribution >= 0.6 is 0 Å². The predicted octanol–water partition coefficient (Wildman–Crippen LogP) is 1.57. The molecule has 0 atom stereocenters. The fourth-order valence-corrected chi connectivity index (χ4v) is 0.541. The van der Waals surface area contributed by atoms with Crippen LogP contribution < -0.4 is 5.32 Å². The highest BCUT2D eigenvalue weighted by Crippen LogP contribution is 1.90. The molecule has 0 aliphatic carbocycles. The van der Waals surface area contributed by atoms with E-state index in [1.165, 1.54) is 5.57 Å². The van der Waals surface area contributed by atoms with Crippen molar-refractivity contribution in [3.05, 3.63) is 12.2 Å². The Labute approximate surface area is 63.5 Å². The summed E-state index contributed by atoms with van der Waals surface area (Å²) in [4.78, 5) is 0. The second kappa shape index (κ2) is 6.38. The first-order chi connectivity index (χ1) is 4.77. The van der Waals surface area contributed by atoms with Gasteiger partial charge in [-0.15, -0.1) is 12.5 Å². The zero-order valence-electron chi connectivity index (χ0n) is 6.83. The van der Waals surface area contributed by atoms with Crippen molar-refractivity contribution in [2.75, 3.05) is 13.1 Å². The molecule has 0 amide bonds. The molecule has 0 aromatic carbocycles. The minimum Gasteiger partial charge on any atom is -0.306 e. The lowest BCUT2D eigenvalue weighted by molar-refractivity contribution is 0.749. The van der Waals surface area contributed by atoms with E-state index in [2.05, 4.69) is 23.7 Å². The Kier molecular flexibility index (Phi) is 5.91. The molecule has 0 radical (unpaired) electrons. The summed E-state index contributed by atoms with van der Waals surface area (Å²) in [5.41, 5.74) is 1.22. The normalized spacial score (nSPS) is 8.20. The number of rotatable bonds is 4. The lowest BCUT2D eigenvalue weighted by atomic mass is 10.2. The van der Waals surface area contributed by atoms with Crippen LogP contribution in [0.4, 0.5) is 0 Å². The lowest BCUT2D eigenvalue weighted by Gasteiger charge is -1.98. The Morgan fingerprint density at radius 3 is 2.80 bits per heavy atom. The monoisotopic (exact) mass is 137 g/mol. The van der Waals surface area contributed by atoms with Crippen LogP contribution in [0.3, 0.4) is 0 Å². The maximum absolute atomic E-state index is 3.80. The van der Waals surface area contributed by atoms with E-state index in [-0.39, 0.29) is 0 Å². The zero-order chi connectivity index (χ0) is 7.82. The Balaban J connectivity index is 3.03. The van der Waals surface area contributed by atoms with E-state index in [1.807, 2.05) is 13.8 Å². The van der Waals surface area contributed by atoms with Crippen LogP contribution in [0.1, 0.15) is 20.3 Å². The van der Waals surface area contributed by atoms with Gasteiger partial charge < -0.3 is 5.32 Å². The van der Waals surface area contributed by atoms with Crippen molar-refractivity contribution >= 4 is 0 Å². The van der Waals surface area contributed by atoms with Crippen LogP contribution in [0.5, 0.6) is 0 Å². The first-order valence-corrected chi connectivity index (χ1v) is 3.52. The van der Waals surface area contributed by atoms with E-state index in [4.69, 9.17) is 0 Å². The van der Waals surface area contributed by atoms with Crippen LogP contribution in [0.15, 0.2) is 12.2 Å². The molecule has 0 bridgehead atoms. The molecule has 0 rings (SSSR count). The molecule has 0 unspecified atom stereocenters. The van der Waals surface area contributed by atoms with Crippen LogP contribution in [0.2, 0.25) is 0 Å². The molecule has 56 valence electrons. The number of hydrogen-bond acceptors (Lipinski definition) is 1. The lowest BCUT2D eigenvalue weighted by Crippen LogP contribution is -2.15. The smallest absolute Gasteiger partial charge is 0.0576 e. The molecule has 0 spiro atoms. The molecule has 0 aliphatic heterocycles. The first kappa shape index (κ1) is 9.26. The summed E-state index contributed by atoms with van der Waals surface area (Å²) in [7, 11) is 0. The maximum atomic E-state index is 3.80. The average Bonchev–Trinajstić information content (AvgIpc) is 1.87. The van der Waals surface area contributed by atoms with E-state index in [0.717, 1.165) is 19.5 Å². The summed E-state index contributed by atoms with van der Waals surface area (Å²) >= 11 is 0. The van der Waals surface area contributed by atoms with Gasteiger partial charge in [-0.2, -0.15) is 0 Å². The molecule has 0 saturated carbocycles. The van der Waals surface area contributed by atoms with Gasteiger partial charge in [-0.3, -0.25) is 0 Å². The van der Waals surface area contributed by atoms with Gasteiger partial charge in [0, 0.05) is 0 Å². The third kappa shape index (κ3) is 7.26. The van der Waals surface area contributed by atoms with Crippen LogP contribution in [-0.2, 0) is 0 Å². The van der Waals surface area contributed by atoms with Crippen molar-refractivity contribution in [3.8, 4) is 11.8 Å². The molecule has 1 nitrogen and oxygen atoms in total. The summed E-state index contributed by atoms with van der Waals surface area (Å²) in [6, 6.07) is 0. The van der Waals surface area contributed by atoms with Crippen molar-refractivity contribution in [1.82, 2.24) is 5.32 Å². The molecular formula is C9H15N. The third-order valence-corrected chi connectivity index (χ3v) is 1.12. The molecule has 1 heteroatoms. The van der Waals surface area contributed by atoms with Gasteiger partial charge in [0.2, 0.25) is 0 Å². The van der Waals surface area contributed by atoms with Gasteiger partial charge in [0.05, 0.1) is 6.54 Å². The van der Waals surface area contributed by atoms with Crippen LogP contribution in [0.25, 0.3) is 0 Å². The quantitative estimate of drug-likeness (QED) is 0.352. The molecule has 0 saturated heterocycles. The van der Waals surface area contributed by atoms with Crippen molar-refractivity contribution in [2.45, 2.75) is 20.3 Å². The summed E-state index contributed by atoms with van der Waals surface area (Å²) in [5, 5.41) is 3.18. The van der Waals surface area contributed by atoms with E-state index in [0.29, 0.717) is 0 Å². The second-order valence-corrected chi connectivity index (χ2v) is 2.31. The van der Waals surface area contributed by atoms with Gasteiger partial charge in [-0.1, -0.05) is 11.5 Å². The fourth-order valence-electron chi connectivity index (χ4n) is 0.541. The van der Waals surface area contributed by atoms with Crippen molar-refractivity contribution in [1.29, 1.82) is 0 Å². The highest BCUT2D eigenvalue weighted by Gasteiger charge is 1.83. The van der Waals surface area contributed by atoms with Gasteiger partial charge in [0.25, 0.3) is 0 Å². The summed E-state index contributed by atoms with van der Waals surface area (Å²) < 4.78 is 0. The van der Waals surface area contributed by atoms with Gasteiger partial charge in [0.15, 0.2) is 0 Å². The predicted molar refractivity (Wildman–Crippen MR) is 45.8 cm³/mol. The van der Waals surface area contributed by atoms with Crippen molar-refractivity contribution in [2.24, 2.45) is 0 Å². The SMILES string of the molecule is C=C(C)CCNCC#CC. The first-order valence-electron chi connectivity index (χ1n) is 3.52. The summed E-state index contributed by atoms with van der Waals surface area (Å²) in [5.74, 6) is 5.75. The Morgan fingerprint density at radius 2 is 2.30 bits per heavy atom. The average molecular weight is 137 g/mol. The highest BCUT2D eigenvalue weighted by molar-refractivity contribution is 4.97. The highest BCUT2D eigenvalue weighted by atomic mass is 14.8. The Bertz CT molecular complexity index is 148. The molecule has 1 N–H and O–H groups in total. The molecule has 10 heavy (non-hydrogen) atoms. The zero-order valence-corrected chi connectivity index (χ0v) is 6.83.